The molecule has 1 fully saturated rings. The summed E-state index contributed by atoms with van der Waals surface area (Å²) < 4.78 is 5.72. The zero-order valence-electron chi connectivity index (χ0n) is 14.0. The highest BCUT2D eigenvalue weighted by Crippen LogP contribution is 2.26. The summed E-state index contributed by atoms with van der Waals surface area (Å²) in [6.45, 7) is 5.61. The summed E-state index contributed by atoms with van der Waals surface area (Å²) in [6, 6.07) is 0. The predicted octanol–water partition coefficient (Wildman–Crippen LogP) is 2.44. The molecule has 0 bridgehead atoms. The molecule has 24 heavy (non-hydrogen) atoms. The van der Waals surface area contributed by atoms with Crippen LogP contribution in [0.2, 0.25) is 0 Å². The second-order valence-corrected chi connectivity index (χ2v) is 7.24. The molecule has 4 heterocycles. The van der Waals surface area contributed by atoms with E-state index in [-0.39, 0.29) is 0 Å². The van der Waals surface area contributed by atoms with Crippen molar-refractivity contribution in [1.29, 1.82) is 0 Å². The Hall–Kier alpha value is -1.73. The molecule has 0 aromatic carbocycles. The van der Waals surface area contributed by atoms with Crippen molar-refractivity contribution in [3.8, 4) is 0 Å². The van der Waals surface area contributed by atoms with E-state index in [0.717, 1.165) is 68.7 Å². The van der Waals surface area contributed by atoms with Crippen LogP contribution >= 0.6 is 11.3 Å². The monoisotopic (exact) mass is 345 g/mol. The minimum absolute atomic E-state index is 0.313. The van der Waals surface area contributed by atoms with Crippen LogP contribution in [0.15, 0.2) is 11.6 Å². The molecule has 4 rings (SSSR count). The molecule has 1 saturated heterocycles. The Labute approximate surface area is 146 Å². The van der Waals surface area contributed by atoms with Crippen LogP contribution in [-0.2, 0) is 17.6 Å². The van der Waals surface area contributed by atoms with Crippen molar-refractivity contribution in [1.82, 2.24) is 15.0 Å². The largest absolute Gasteiger partial charge is 0.376 e. The van der Waals surface area contributed by atoms with Gasteiger partial charge in [0.05, 0.1) is 11.8 Å². The number of hydrogen-bond donors (Lipinski definition) is 1. The Kier molecular flexibility index (Phi) is 4.62. The molecule has 0 radical (unpaired) electrons. The first-order valence-electron chi connectivity index (χ1n) is 8.66. The molecule has 0 unspecified atom stereocenters. The van der Waals surface area contributed by atoms with Crippen LogP contribution in [0.25, 0.3) is 0 Å². The van der Waals surface area contributed by atoms with Crippen molar-refractivity contribution in [2.75, 3.05) is 36.5 Å². The number of nitrogens with zero attached hydrogens (tertiary/aromatic N) is 4. The lowest BCUT2D eigenvalue weighted by Gasteiger charge is -2.18. The van der Waals surface area contributed by atoms with Gasteiger partial charge in [0.2, 0.25) is 0 Å². The first-order chi connectivity index (χ1) is 11.8. The van der Waals surface area contributed by atoms with Crippen molar-refractivity contribution in [2.45, 2.75) is 38.7 Å². The molecule has 0 aliphatic carbocycles. The average Bonchev–Trinajstić information content (AvgIpc) is 3.24. The van der Waals surface area contributed by atoms with E-state index in [0.29, 0.717) is 6.10 Å². The normalized spacial score (nSPS) is 20.7. The fourth-order valence-corrected chi connectivity index (χ4v) is 4.14. The lowest BCUT2D eigenvalue weighted by Crippen LogP contribution is -2.25. The van der Waals surface area contributed by atoms with Crippen LogP contribution in [0.5, 0.6) is 0 Å². The maximum Gasteiger partial charge on any atom is 0.185 e. The average molecular weight is 345 g/mol. The molecule has 0 amide bonds. The third-order valence-electron chi connectivity index (χ3n) is 4.67. The molecule has 2 aromatic heterocycles. The van der Waals surface area contributed by atoms with Crippen LogP contribution in [0.4, 0.5) is 10.9 Å². The summed E-state index contributed by atoms with van der Waals surface area (Å²) in [5.41, 5.74) is 2.44. The van der Waals surface area contributed by atoms with E-state index >= 15 is 0 Å². The number of thiazole rings is 1. The summed E-state index contributed by atoms with van der Waals surface area (Å²) in [6.07, 6.45) is 6.37. The second kappa shape index (κ2) is 7.03. The van der Waals surface area contributed by atoms with Crippen LogP contribution < -0.4 is 10.2 Å². The van der Waals surface area contributed by atoms with Gasteiger partial charge < -0.3 is 15.0 Å². The Morgan fingerprint density at radius 2 is 2.25 bits per heavy atom. The number of rotatable bonds is 4. The van der Waals surface area contributed by atoms with Gasteiger partial charge >= 0.3 is 0 Å². The number of ether oxygens (including phenoxy) is 1. The summed E-state index contributed by atoms with van der Waals surface area (Å²) in [5, 5.41) is 6.66. The molecule has 7 heteroatoms. The molecule has 2 aliphatic rings. The minimum Gasteiger partial charge on any atom is -0.376 e. The summed E-state index contributed by atoms with van der Waals surface area (Å²) in [7, 11) is 0. The van der Waals surface area contributed by atoms with E-state index in [2.05, 4.69) is 20.2 Å². The van der Waals surface area contributed by atoms with Crippen LogP contribution in [0.3, 0.4) is 0 Å². The van der Waals surface area contributed by atoms with Gasteiger partial charge in [-0.25, -0.2) is 15.0 Å². The first-order valence-corrected chi connectivity index (χ1v) is 9.54. The van der Waals surface area contributed by atoms with Gasteiger partial charge in [-0.1, -0.05) is 0 Å². The molecule has 128 valence electrons. The van der Waals surface area contributed by atoms with Gasteiger partial charge in [0.25, 0.3) is 0 Å². The Morgan fingerprint density at radius 3 is 3.04 bits per heavy atom. The van der Waals surface area contributed by atoms with Gasteiger partial charge in [-0.2, -0.15) is 0 Å². The van der Waals surface area contributed by atoms with Crippen molar-refractivity contribution < 1.29 is 4.74 Å². The number of aryl methyl sites for hydroxylation is 1. The molecule has 2 aromatic rings. The van der Waals surface area contributed by atoms with E-state index in [1.54, 1.807) is 11.3 Å². The topological polar surface area (TPSA) is 63.2 Å². The number of aromatic nitrogens is 3. The summed E-state index contributed by atoms with van der Waals surface area (Å²) in [4.78, 5) is 16.2. The number of hydrogen-bond acceptors (Lipinski definition) is 7. The Balaban J connectivity index is 1.52. The second-order valence-electron chi connectivity index (χ2n) is 6.36. The van der Waals surface area contributed by atoms with E-state index in [4.69, 9.17) is 9.72 Å². The quantitative estimate of drug-likeness (QED) is 0.918. The number of anilines is 2. The van der Waals surface area contributed by atoms with E-state index in [9.17, 15) is 0 Å². The third-order valence-corrected chi connectivity index (χ3v) is 5.50. The highest BCUT2D eigenvalue weighted by atomic mass is 32.1. The molecular weight excluding hydrogens is 322 g/mol. The Bertz CT molecular complexity index is 685. The first kappa shape index (κ1) is 15.8. The molecule has 6 nitrogen and oxygen atoms in total. The SMILES string of the molecule is Cc1nc2c(c(NC[C@@H]3CCCO3)n1)CCN(c1nccs1)CC2. The number of fused-ring (bicyclic) bond motifs is 1. The van der Waals surface area contributed by atoms with Gasteiger partial charge in [0, 0.05) is 49.8 Å². The molecule has 0 saturated carbocycles. The lowest BCUT2D eigenvalue weighted by molar-refractivity contribution is 0.120. The highest BCUT2D eigenvalue weighted by molar-refractivity contribution is 7.13. The van der Waals surface area contributed by atoms with Crippen molar-refractivity contribution in [3.63, 3.8) is 0 Å². The fourth-order valence-electron chi connectivity index (χ4n) is 3.45. The lowest BCUT2D eigenvalue weighted by atomic mass is 10.1. The highest BCUT2D eigenvalue weighted by Gasteiger charge is 2.22. The molecular formula is C17H23N5OS. The molecule has 0 spiro atoms. The third kappa shape index (κ3) is 3.37. The van der Waals surface area contributed by atoms with Crippen molar-refractivity contribution in [2.24, 2.45) is 0 Å². The van der Waals surface area contributed by atoms with E-state index < -0.39 is 0 Å². The molecule has 2 aliphatic heterocycles. The van der Waals surface area contributed by atoms with Crippen molar-refractivity contribution >= 4 is 22.3 Å². The van der Waals surface area contributed by atoms with Gasteiger partial charge in [0.1, 0.15) is 11.6 Å². The van der Waals surface area contributed by atoms with Gasteiger partial charge in [0.15, 0.2) is 5.13 Å². The van der Waals surface area contributed by atoms with Crippen molar-refractivity contribution in [3.05, 3.63) is 28.7 Å². The van der Waals surface area contributed by atoms with Crippen LogP contribution in [0.1, 0.15) is 29.9 Å². The standard InChI is InChI=1S/C17H23N5OS/c1-12-20-15-5-8-22(17-18-6-10-24-17)7-4-14(15)16(21-12)19-11-13-3-2-9-23-13/h6,10,13H,2-5,7-9,11H2,1H3,(H,19,20,21)/t13-/m0/s1. The smallest absolute Gasteiger partial charge is 0.185 e. The molecule has 1 N–H and O–H groups in total. The maximum absolute atomic E-state index is 5.72. The predicted molar refractivity (Wildman–Crippen MR) is 96.0 cm³/mol. The van der Waals surface area contributed by atoms with Crippen LogP contribution in [0, 0.1) is 6.92 Å². The van der Waals surface area contributed by atoms with Crippen LogP contribution in [-0.4, -0.2) is 47.3 Å². The van der Waals surface area contributed by atoms with Gasteiger partial charge in [-0.05, 0) is 26.2 Å². The number of nitrogens with one attached hydrogen (secondary N) is 1. The Morgan fingerprint density at radius 1 is 1.33 bits per heavy atom. The van der Waals surface area contributed by atoms with E-state index in [1.165, 1.54) is 11.3 Å². The zero-order chi connectivity index (χ0) is 16.4. The van der Waals surface area contributed by atoms with E-state index in [1.807, 2.05) is 18.5 Å². The minimum atomic E-state index is 0.313. The summed E-state index contributed by atoms with van der Waals surface area (Å²) in [5.74, 6) is 1.83. The molecule has 1 atom stereocenters. The van der Waals surface area contributed by atoms with Gasteiger partial charge in [-0.15, -0.1) is 11.3 Å². The maximum atomic E-state index is 5.72. The van der Waals surface area contributed by atoms with Gasteiger partial charge in [-0.3, -0.25) is 0 Å². The zero-order valence-corrected chi connectivity index (χ0v) is 14.8. The fraction of sp³-hybridized carbons (Fsp3) is 0.588. The summed E-state index contributed by atoms with van der Waals surface area (Å²) >= 11 is 1.70.